The molecular weight excluding hydrogens is 268 g/mol. The molecule has 2 rings (SSSR count). The van der Waals surface area contributed by atoms with Crippen LogP contribution in [0.25, 0.3) is 0 Å². The summed E-state index contributed by atoms with van der Waals surface area (Å²) in [5.41, 5.74) is 2.60. The van der Waals surface area contributed by atoms with Crippen LogP contribution >= 0.6 is 0 Å². The summed E-state index contributed by atoms with van der Waals surface area (Å²) in [6.45, 7) is 7.74. The quantitative estimate of drug-likeness (QED) is 0.927. The SMILES string of the molecule is Cc1ccc(Oc2nc(C)cc(C(C)C)n2)c(C(=O)O)c1. The molecule has 0 saturated heterocycles. The topological polar surface area (TPSA) is 72.3 Å². The van der Waals surface area contributed by atoms with Gasteiger partial charge in [-0.1, -0.05) is 25.5 Å². The molecule has 2 aromatic rings. The summed E-state index contributed by atoms with van der Waals surface area (Å²) in [6.07, 6.45) is 0. The molecular formula is C16H18N2O3. The lowest BCUT2D eigenvalue weighted by Gasteiger charge is -2.11. The monoisotopic (exact) mass is 286 g/mol. The van der Waals surface area contributed by atoms with Crippen molar-refractivity contribution in [3.63, 3.8) is 0 Å². The van der Waals surface area contributed by atoms with Crippen LogP contribution in [0.3, 0.4) is 0 Å². The number of carbonyl (C=O) groups is 1. The van der Waals surface area contributed by atoms with Crippen molar-refractivity contribution in [2.45, 2.75) is 33.6 Å². The van der Waals surface area contributed by atoms with Gasteiger partial charge in [-0.3, -0.25) is 0 Å². The fourth-order valence-corrected chi connectivity index (χ4v) is 1.90. The molecule has 1 aromatic heterocycles. The van der Waals surface area contributed by atoms with Crippen molar-refractivity contribution in [3.05, 3.63) is 46.8 Å². The lowest BCUT2D eigenvalue weighted by Crippen LogP contribution is -2.04. The average Bonchev–Trinajstić information content (AvgIpc) is 2.40. The molecule has 1 N–H and O–H groups in total. The van der Waals surface area contributed by atoms with Gasteiger partial charge in [-0.15, -0.1) is 0 Å². The number of benzene rings is 1. The van der Waals surface area contributed by atoms with Crippen LogP contribution in [0.15, 0.2) is 24.3 Å². The Balaban J connectivity index is 2.41. The third-order valence-corrected chi connectivity index (χ3v) is 3.01. The maximum absolute atomic E-state index is 11.3. The summed E-state index contributed by atoms with van der Waals surface area (Å²) in [5.74, 6) is -0.551. The Morgan fingerprint density at radius 2 is 1.90 bits per heavy atom. The molecule has 0 saturated carbocycles. The van der Waals surface area contributed by atoms with Crippen molar-refractivity contribution in [1.29, 1.82) is 0 Å². The van der Waals surface area contributed by atoms with E-state index in [0.717, 1.165) is 17.0 Å². The van der Waals surface area contributed by atoms with E-state index >= 15 is 0 Å². The zero-order valence-corrected chi connectivity index (χ0v) is 12.5. The Hall–Kier alpha value is -2.43. The number of nitrogens with zero attached hydrogens (tertiary/aromatic N) is 2. The van der Waals surface area contributed by atoms with Gasteiger partial charge in [-0.05, 0) is 38.0 Å². The van der Waals surface area contributed by atoms with E-state index in [4.69, 9.17) is 4.74 Å². The highest BCUT2D eigenvalue weighted by Crippen LogP contribution is 2.25. The van der Waals surface area contributed by atoms with Gasteiger partial charge in [0.25, 0.3) is 0 Å². The molecule has 5 nitrogen and oxygen atoms in total. The van der Waals surface area contributed by atoms with Crippen molar-refractivity contribution in [2.24, 2.45) is 0 Å². The summed E-state index contributed by atoms with van der Waals surface area (Å²) in [5, 5.41) is 9.24. The molecule has 1 aromatic carbocycles. The second kappa shape index (κ2) is 5.91. The van der Waals surface area contributed by atoms with E-state index in [1.165, 1.54) is 0 Å². The van der Waals surface area contributed by atoms with Crippen LogP contribution in [-0.2, 0) is 0 Å². The minimum absolute atomic E-state index is 0.103. The first-order valence-corrected chi connectivity index (χ1v) is 6.74. The molecule has 0 fully saturated rings. The number of ether oxygens (including phenoxy) is 1. The minimum atomic E-state index is -1.04. The molecule has 0 amide bonds. The van der Waals surface area contributed by atoms with Crippen molar-refractivity contribution in [3.8, 4) is 11.8 Å². The highest BCUT2D eigenvalue weighted by Gasteiger charge is 2.14. The number of hydrogen-bond donors (Lipinski definition) is 1. The molecule has 0 bridgehead atoms. The van der Waals surface area contributed by atoms with Gasteiger partial charge in [0.05, 0.1) is 5.69 Å². The Labute approximate surface area is 123 Å². The van der Waals surface area contributed by atoms with Gasteiger partial charge in [0.1, 0.15) is 11.3 Å². The van der Waals surface area contributed by atoms with Crippen LogP contribution in [0.4, 0.5) is 0 Å². The fraction of sp³-hybridized carbons (Fsp3) is 0.312. The first-order chi connectivity index (χ1) is 9.86. The van der Waals surface area contributed by atoms with E-state index in [1.54, 1.807) is 18.2 Å². The van der Waals surface area contributed by atoms with Gasteiger partial charge in [-0.25, -0.2) is 9.78 Å². The standard InChI is InChI=1S/C16H18N2O3/c1-9(2)13-8-11(4)17-16(18-13)21-14-6-5-10(3)7-12(14)15(19)20/h5-9H,1-4H3,(H,19,20). The summed E-state index contributed by atoms with van der Waals surface area (Å²) < 4.78 is 5.59. The average molecular weight is 286 g/mol. The Kier molecular flexibility index (Phi) is 4.21. The minimum Gasteiger partial charge on any atom is -0.478 e. The Morgan fingerprint density at radius 1 is 1.19 bits per heavy atom. The van der Waals surface area contributed by atoms with E-state index in [-0.39, 0.29) is 23.2 Å². The highest BCUT2D eigenvalue weighted by atomic mass is 16.5. The van der Waals surface area contributed by atoms with Crippen LogP contribution in [0.2, 0.25) is 0 Å². The van der Waals surface area contributed by atoms with Gasteiger partial charge < -0.3 is 9.84 Å². The first-order valence-electron chi connectivity index (χ1n) is 6.74. The molecule has 0 spiro atoms. The molecule has 0 aliphatic rings. The smallest absolute Gasteiger partial charge is 0.339 e. The summed E-state index contributed by atoms with van der Waals surface area (Å²) in [4.78, 5) is 19.8. The van der Waals surface area contributed by atoms with Gasteiger partial charge in [0.2, 0.25) is 0 Å². The summed E-state index contributed by atoms with van der Waals surface area (Å²) in [7, 11) is 0. The molecule has 0 aliphatic carbocycles. The maximum atomic E-state index is 11.3. The van der Waals surface area contributed by atoms with Gasteiger partial charge >= 0.3 is 12.0 Å². The van der Waals surface area contributed by atoms with Crippen molar-refractivity contribution in [2.75, 3.05) is 0 Å². The van der Waals surface area contributed by atoms with E-state index in [1.807, 2.05) is 33.8 Å². The predicted molar refractivity (Wildman–Crippen MR) is 79.1 cm³/mol. The summed E-state index contributed by atoms with van der Waals surface area (Å²) in [6, 6.07) is 7.05. The van der Waals surface area contributed by atoms with Crippen LogP contribution in [0.5, 0.6) is 11.8 Å². The second-order valence-corrected chi connectivity index (χ2v) is 5.28. The highest BCUT2D eigenvalue weighted by molar-refractivity contribution is 5.91. The fourth-order valence-electron chi connectivity index (χ4n) is 1.90. The van der Waals surface area contributed by atoms with Crippen LogP contribution in [0.1, 0.15) is 47.1 Å². The molecule has 1 heterocycles. The van der Waals surface area contributed by atoms with E-state index in [9.17, 15) is 9.90 Å². The van der Waals surface area contributed by atoms with E-state index in [2.05, 4.69) is 9.97 Å². The van der Waals surface area contributed by atoms with Crippen LogP contribution in [-0.4, -0.2) is 21.0 Å². The molecule has 5 heteroatoms. The zero-order valence-electron chi connectivity index (χ0n) is 12.5. The van der Waals surface area contributed by atoms with Crippen molar-refractivity contribution in [1.82, 2.24) is 9.97 Å². The second-order valence-electron chi connectivity index (χ2n) is 5.28. The molecule has 110 valence electrons. The summed E-state index contributed by atoms with van der Waals surface area (Å²) >= 11 is 0. The molecule has 21 heavy (non-hydrogen) atoms. The van der Waals surface area contributed by atoms with Crippen molar-refractivity contribution >= 4 is 5.97 Å². The maximum Gasteiger partial charge on any atom is 0.339 e. The molecule has 0 aliphatic heterocycles. The number of carboxylic acids is 1. The first kappa shape index (κ1) is 15.0. The molecule has 0 atom stereocenters. The van der Waals surface area contributed by atoms with E-state index in [0.29, 0.717) is 0 Å². The van der Waals surface area contributed by atoms with Crippen LogP contribution < -0.4 is 4.74 Å². The normalized spacial score (nSPS) is 10.7. The van der Waals surface area contributed by atoms with Crippen molar-refractivity contribution < 1.29 is 14.6 Å². The third kappa shape index (κ3) is 3.56. The Bertz CT molecular complexity index is 681. The zero-order chi connectivity index (χ0) is 15.6. The van der Waals surface area contributed by atoms with Gasteiger partial charge in [0.15, 0.2) is 0 Å². The Morgan fingerprint density at radius 3 is 2.52 bits per heavy atom. The van der Waals surface area contributed by atoms with Gasteiger partial charge in [0, 0.05) is 5.69 Å². The largest absolute Gasteiger partial charge is 0.478 e. The number of hydrogen-bond acceptors (Lipinski definition) is 4. The number of aromatic nitrogens is 2. The number of rotatable bonds is 4. The lowest BCUT2D eigenvalue weighted by molar-refractivity contribution is 0.0694. The molecule has 0 unspecified atom stereocenters. The number of aryl methyl sites for hydroxylation is 2. The lowest BCUT2D eigenvalue weighted by atomic mass is 10.1. The van der Waals surface area contributed by atoms with Crippen LogP contribution in [0, 0.1) is 13.8 Å². The predicted octanol–water partition coefficient (Wildman–Crippen LogP) is 3.71. The molecule has 0 radical (unpaired) electrons. The van der Waals surface area contributed by atoms with Gasteiger partial charge in [-0.2, -0.15) is 4.98 Å². The number of carboxylic acid groups (broad SMARTS) is 1. The van der Waals surface area contributed by atoms with E-state index < -0.39 is 5.97 Å². The third-order valence-electron chi connectivity index (χ3n) is 3.01. The number of aromatic carboxylic acids is 1.